The number of rotatable bonds is 1. The first-order valence-corrected chi connectivity index (χ1v) is 4.86. The van der Waals surface area contributed by atoms with Gasteiger partial charge in [0.2, 0.25) is 0 Å². The molecule has 0 bridgehead atoms. The monoisotopic (exact) mass is 209 g/mol. The molecule has 0 amide bonds. The highest BCUT2D eigenvalue weighted by atomic mass is 35.5. The van der Waals surface area contributed by atoms with Gasteiger partial charge in [0.05, 0.1) is 10.6 Å². The van der Waals surface area contributed by atoms with Gasteiger partial charge < -0.3 is 10.1 Å². The van der Waals surface area contributed by atoms with Crippen molar-refractivity contribution >= 4 is 22.5 Å². The summed E-state index contributed by atoms with van der Waals surface area (Å²) in [5.74, 6) is 0. The molecular formula is C11H12ClNO. The molecule has 3 heteroatoms. The molecule has 0 radical (unpaired) electrons. The lowest BCUT2D eigenvalue weighted by atomic mass is 9.97. The minimum atomic E-state index is -0.858. The first kappa shape index (κ1) is 9.56. The third kappa shape index (κ3) is 1.51. The number of hydrogen-bond donors (Lipinski definition) is 2. The van der Waals surface area contributed by atoms with Gasteiger partial charge in [-0.25, -0.2) is 0 Å². The minimum Gasteiger partial charge on any atom is -0.386 e. The number of aromatic nitrogens is 1. The van der Waals surface area contributed by atoms with Crippen LogP contribution in [0.25, 0.3) is 10.9 Å². The van der Waals surface area contributed by atoms with Gasteiger partial charge in [0.15, 0.2) is 0 Å². The fourth-order valence-electron chi connectivity index (χ4n) is 1.47. The van der Waals surface area contributed by atoms with E-state index >= 15 is 0 Å². The van der Waals surface area contributed by atoms with E-state index in [-0.39, 0.29) is 0 Å². The molecular weight excluding hydrogens is 198 g/mol. The molecule has 74 valence electrons. The summed E-state index contributed by atoms with van der Waals surface area (Å²) in [4.78, 5) is 3.08. The number of hydrogen-bond acceptors (Lipinski definition) is 1. The summed E-state index contributed by atoms with van der Waals surface area (Å²) in [6.45, 7) is 3.49. The van der Waals surface area contributed by atoms with E-state index in [4.69, 9.17) is 11.6 Å². The largest absolute Gasteiger partial charge is 0.386 e. The van der Waals surface area contributed by atoms with Gasteiger partial charge in [-0.2, -0.15) is 0 Å². The standard InChI is InChI=1S/C11H12ClNO/c1-11(2,14)7-5-9(12)8-3-4-13-10(8)6-7/h3-6,13-14H,1-2H3. The number of nitrogens with one attached hydrogen (secondary N) is 1. The lowest BCUT2D eigenvalue weighted by Gasteiger charge is -2.18. The van der Waals surface area contributed by atoms with E-state index in [0.717, 1.165) is 16.5 Å². The maximum absolute atomic E-state index is 9.84. The highest BCUT2D eigenvalue weighted by Crippen LogP contribution is 2.29. The molecule has 1 heterocycles. The second-order valence-corrected chi connectivity index (χ2v) is 4.36. The van der Waals surface area contributed by atoms with Crippen LogP contribution in [0.3, 0.4) is 0 Å². The van der Waals surface area contributed by atoms with Gasteiger partial charge in [0.1, 0.15) is 0 Å². The number of benzene rings is 1. The average Bonchev–Trinajstić information content (AvgIpc) is 2.50. The summed E-state index contributed by atoms with van der Waals surface area (Å²) in [5, 5.41) is 11.5. The zero-order valence-electron chi connectivity index (χ0n) is 8.13. The molecule has 0 saturated heterocycles. The van der Waals surface area contributed by atoms with E-state index in [0.29, 0.717) is 5.02 Å². The highest BCUT2D eigenvalue weighted by molar-refractivity contribution is 6.35. The van der Waals surface area contributed by atoms with E-state index < -0.39 is 5.60 Å². The van der Waals surface area contributed by atoms with Crippen molar-refractivity contribution in [2.24, 2.45) is 0 Å². The van der Waals surface area contributed by atoms with E-state index in [2.05, 4.69) is 4.98 Å². The van der Waals surface area contributed by atoms with Crippen molar-refractivity contribution in [1.29, 1.82) is 0 Å². The van der Waals surface area contributed by atoms with Gasteiger partial charge in [-0.1, -0.05) is 11.6 Å². The Labute approximate surface area is 87.5 Å². The van der Waals surface area contributed by atoms with Crippen LogP contribution in [0.2, 0.25) is 5.02 Å². The summed E-state index contributed by atoms with van der Waals surface area (Å²) in [6, 6.07) is 5.64. The topological polar surface area (TPSA) is 36.0 Å². The molecule has 0 unspecified atom stereocenters. The van der Waals surface area contributed by atoms with Crippen molar-refractivity contribution in [3.8, 4) is 0 Å². The SMILES string of the molecule is CC(C)(O)c1cc(Cl)c2cc[nH]c2c1. The Morgan fingerprint density at radius 1 is 1.36 bits per heavy atom. The second kappa shape index (κ2) is 3.01. The molecule has 2 rings (SSSR count). The molecule has 0 spiro atoms. The van der Waals surface area contributed by atoms with Crippen molar-refractivity contribution in [2.75, 3.05) is 0 Å². The number of fused-ring (bicyclic) bond motifs is 1. The van der Waals surface area contributed by atoms with Crippen molar-refractivity contribution in [1.82, 2.24) is 4.98 Å². The van der Waals surface area contributed by atoms with Crippen LogP contribution in [0.5, 0.6) is 0 Å². The molecule has 2 aromatic rings. The fraction of sp³-hybridized carbons (Fsp3) is 0.273. The molecule has 0 saturated carbocycles. The van der Waals surface area contributed by atoms with Crippen molar-refractivity contribution in [3.63, 3.8) is 0 Å². The van der Waals surface area contributed by atoms with Crippen LogP contribution in [0, 0.1) is 0 Å². The molecule has 2 nitrogen and oxygen atoms in total. The molecule has 0 fully saturated rings. The van der Waals surface area contributed by atoms with Crippen LogP contribution >= 0.6 is 11.6 Å². The lowest BCUT2D eigenvalue weighted by Crippen LogP contribution is -2.15. The molecule has 0 atom stereocenters. The van der Waals surface area contributed by atoms with Crippen molar-refractivity contribution in [2.45, 2.75) is 19.4 Å². The van der Waals surface area contributed by atoms with Crippen LogP contribution in [-0.2, 0) is 5.60 Å². The molecule has 0 aliphatic rings. The van der Waals surface area contributed by atoms with Crippen LogP contribution in [0.15, 0.2) is 24.4 Å². The Hall–Kier alpha value is -0.990. The maximum Gasteiger partial charge on any atom is 0.0841 e. The first-order valence-electron chi connectivity index (χ1n) is 4.48. The van der Waals surface area contributed by atoms with Crippen molar-refractivity contribution < 1.29 is 5.11 Å². The Morgan fingerprint density at radius 3 is 2.71 bits per heavy atom. The predicted molar refractivity (Wildman–Crippen MR) is 58.6 cm³/mol. The Morgan fingerprint density at radius 2 is 2.07 bits per heavy atom. The molecule has 0 aliphatic carbocycles. The summed E-state index contributed by atoms with van der Waals surface area (Å²) >= 11 is 6.08. The fourth-order valence-corrected chi connectivity index (χ4v) is 1.76. The quantitative estimate of drug-likeness (QED) is 0.744. The zero-order valence-corrected chi connectivity index (χ0v) is 8.89. The molecule has 0 aliphatic heterocycles. The molecule has 1 aromatic heterocycles. The summed E-state index contributed by atoms with van der Waals surface area (Å²) in [5.41, 5.74) is 0.912. The van der Waals surface area contributed by atoms with Crippen molar-refractivity contribution in [3.05, 3.63) is 35.0 Å². The average molecular weight is 210 g/mol. The Balaban J connectivity index is 2.70. The smallest absolute Gasteiger partial charge is 0.0841 e. The van der Waals surface area contributed by atoms with E-state index in [1.54, 1.807) is 19.9 Å². The number of H-pyrrole nitrogens is 1. The summed E-state index contributed by atoms with van der Waals surface area (Å²) < 4.78 is 0. The lowest BCUT2D eigenvalue weighted by molar-refractivity contribution is 0.0787. The van der Waals surface area contributed by atoms with Gasteiger partial charge >= 0.3 is 0 Å². The van der Waals surface area contributed by atoms with Gasteiger partial charge in [-0.15, -0.1) is 0 Å². The van der Waals surface area contributed by atoms with Gasteiger partial charge in [0.25, 0.3) is 0 Å². The van der Waals surface area contributed by atoms with Crippen LogP contribution in [0.4, 0.5) is 0 Å². The molecule has 2 N–H and O–H groups in total. The first-order chi connectivity index (χ1) is 6.48. The van der Waals surface area contributed by atoms with Gasteiger partial charge in [-0.3, -0.25) is 0 Å². The third-order valence-corrected chi connectivity index (χ3v) is 2.64. The third-order valence-electron chi connectivity index (χ3n) is 2.32. The number of halogens is 1. The summed E-state index contributed by atoms with van der Waals surface area (Å²) in [7, 11) is 0. The predicted octanol–water partition coefficient (Wildman–Crippen LogP) is 3.05. The van der Waals surface area contributed by atoms with Gasteiger partial charge in [0, 0.05) is 17.1 Å². The van der Waals surface area contributed by atoms with Crippen LogP contribution in [0.1, 0.15) is 19.4 Å². The number of aliphatic hydroxyl groups is 1. The molecule has 14 heavy (non-hydrogen) atoms. The van der Waals surface area contributed by atoms with Crippen LogP contribution < -0.4 is 0 Å². The minimum absolute atomic E-state index is 0.667. The maximum atomic E-state index is 9.84. The van der Waals surface area contributed by atoms with Crippen LogP contribution in [-0.4, -0.2) is 10.1 Å². The van der Waals surface area contributed by atoms with Gasteiger partial charge in [-0.05, 0) is 37.6 Å². The van der Waals surface area contributed by atoms with E-state index in [1.165, 1.54) is 0 Å². The van der Waals surface area contributed by atoms with E-state index in [9.17, 15) is 5.11 Å². The van der Waals surface area contributed by atoms with E-state index in [1.807, 2.05) is 18.3 Å². The zero-order chi connectivity index (χ0) is 10.3. The Kier molecular flexibility index (Phi) is 2.05. The normalized spacial score (nSPS) is 12.3. The second-order valence-electron chi connectivity index (χ2n) is 3.96. The highest BCUT2D eigenvalue weighted by Gasteiger charge is 2.17. The number of aromatic amines is 1. The Bertz CT molecular complexity index is 468. The summed E-state index contributed by atoms with van der Waals surface area (Å²) in [6.07, 6.45) is 1.84. The molecule has 1 aromatic carbocycles.